The summed E-state index contributed by atoms with van der Waals surface area (Å²) in [6, 6.07) is 29.2. The van der Waals surface area contributed by atoms with Gasteiger partial charge in [-0.25, -0.2) is 24.9 Å². The number of halogens is 5. The van der Waals surface area contributed by atoms with E-state index in [1.54, 1.807) is 84.3 Å². The van der Waals surface area contributed by atoms with Crippen LogP contribution >= 0.6 is 79.6 Å². The minimum Gasteiger partial charge on any atom is -0.619 e. The van der Waals surface area contributed by atoms with Gasteiger partial charge in [-0.05, 0) is 196 Å². The third-order valence-electron chi connectivity index (χ3n) is 23.4. The lowest BCUT2D eigenvalue weighted by molar-refractivity contribution is -0.606. The van der Waals surface area contributed by atoms with Crippen LogP contribution in [-0.2, 0) is 32.7 Å². The maximum Gasteiger partial charge on any atom is 0.185 e. The van der Waals surface area contributed by atoms with Gasteiger partial charge in [-0.2, -0.15) is 57.5 Å². The van der Waals surface area contributed by atoms with Crippen molar-refractivity contribution in [3.8, 4) is 0 Å². The monoisotopic (exact) mass is 2090 g/mol. The molecular weight excluding hydrogens is 1990 g/mol. The molecule has 19 rings (SSSR count). The summed E-state index contributed by atoms with van der Waals surface area (Å²) in [4.78, 5) is 42.7. The zero-order chi connectivity index (χ0) is 91.3. The van der Waals surface area contributed by atoms with Gasteiger partial charge < -0.3 is 87.9 Å². The van der Waals surface area contributed by atoms with E-state index in [2.05, 4.69) is 196 Å². The highest BCUT2D eigenvalue weighted by atomic mass is 79.9. The summed E-state index contributed by atoms with van der Waals surface area (Å²) < 4.78 is 14.4. The van der Waals surface area contributed by atoms with Crippen molar-refractivity contribution in [2.24, 2.45) is 23.2 Å². The van der Waals surface area contributed by atoms with Crippen LogP contribution in [0.2, 0.25) is 0 Å². The van der Waals surface area contributed by atoms with E-state index in [0.717, 1.165) is 169 Å². The fourth-order valence-electron chi connectivity index (χ4n) is 16.4. The van der Waals surface area contributed by atoms with E-state index < -0.39 is 5.54 Å². The van der Waals surface area contributed by atoms with Crippen LogP contribution < -0.4 is 61.4 Å². The lowest BCUT2D eigenvalue weighted by Gasteiger charge is -2.31. The Morgan fingerprint density at radius 2 is 0.854 bits per heavy atom. The molecule has 37 nitrogen and oxygen atoms in total. The number of nitrogens with one attached hydrogen (secondary N) is 7. The second-order valence-electron chi connectivity index (χ2n) is 33.6. The fourth-order valence-corrected chi connectivity index (χ4v) is 18.1. The molecule has 0 unspecified atom stereocenters. The van der Waals surface area contributed by atoms with E-state index in [0.29, 0.717) is 84.6 Å². The van der Waals surface area contributed by atoms with Gasteiger partial charge in [0.25, 0.3) is 0 Å². The highest BCUT2D eigenvalue weighted by Crippen LogP contribution is 2.65. The van der Waals surface area contributed by atoms with Crippen LogP contribution in [0.15, 0.2) is 206 Å². The van der Waals surface area contributed by atoms with Crippen molar-refractivity contribution in [2.45, 2.75) is 136 Å². The second-order valence-corrected chi connectivity index (χ2v) is 37.8. The summed E-state index contributed by atoms with van der Waals surface area (Å²) >= 11 is 17.5. The largest absolute Gasteiger partial charge is 0.619 e. The second kappa shape index (κ2) is 42.3. The first kappa shape index (κ1) is 93.3. The van der Waals surface area contributed by atoms with E-state index in [-0.39, 0.29) is 57.1 Å². The average Bonchev–Trinajstić information content (AvgIpc) is 1.52. The highest BCUT2D eigenvalue weighted by Gasteiger charge is 2.66. The molecule has 3 aliphatic heterocycles. The minimum atomic E-state index is -0.474. The van der Waals surface area contributed by atoms with Crippen molar-refractivity contribution in [1.29, 1.82) is 0 Å². The third kappa shape index (κ3) is 22.1. The fraction of sp³-hybridized carbons (Fsp3) is 0.375. The molecule has 130 heavy (non-hydrogen) atoms. The summed E-state index contributed by atoms with van der Waals surface area (Å²) in [7, 11) is 0. The molecule has 15 aromatic rings. The lowest BCUT2D eigenvalue weighted by atomic mass is 10.0. The summed E-state index contributed by atoms with van der Waals surface area (Å²) in [6.45, 7) is 18.6. The predicted octanol–water partition coefficient (Wildman–Crippen LogP) is 12.3. The third-order valence-corrected chi connectivity index (χ3v) is 26.2. The van der Waals surface area contributed by atoms with E-state index >= 15 is 0 Å². The number of pyridine rings is 5. The summed E-state index contributed by atoms with van der Waals surface area (Å²) in [5.41, 5.74) is 8.44. The Morgan fingerprint density at radius 1 is 0.477 bits per heavy atom. The molecular formula is C88H103Br5N30O7. The quantitative estimate of drug-likeness (QED) is 0.0153. The van der Waals surface area contributed by atoms with Crippen molar-refractivity contribution >= 4 is 166 Å². The van der Waals surface area contributed by atoms with Gasteiger partial charge in [0, 0.05) is 156 Å². The van der Waals surface area contributed by atoms with Gasteiger partial charge in [0.2, 0.25) is 0 Å². The summed E-state index contributed by atoms with van der Waals surface area (Å²) in [5.74, 6) is 9.35. The Labute approximate surface area is 791 Å². The molecule has 0 bridgehead atoms. The van der Waals surface area contributed by atoms with Crippen molar-refractivity contribution in [3.05, 3.63) is 245 Å². The SMILES string of the molecule is CC(C)(CO)Nc1cc(NCc2cccnc2)n2ncc(Br)c2n1.CC(C)[C@H](CO)Nc1cc(NCc2ccc[n+]([O-])c2)n2ncc(Br)c2n1.CC1(C)[C@@H]2[C@@H](CO)N(c3cc(NCc4cccnc4)n4ncc(Br)c4n3)C[C@@H]21.OCC[C@@H]1CCCN1c1cc(NCc2cccnc2)n2ncc(Br)c2n1.[O-][n+]1cccc(CNc2cc(N3CCC[C@H]3CO)nc3c(Br)cnn23)c1. The predicted molar refractivity (Wildman–Crippen MR) is 516 cm³/mol. The van der Waals surface area contributed by atoms with Gasteiger partial charge in [-0.3, -0.25) is 15.0 Å². The molecule has 682 valence electrons. The zero-order valence-corrected chi connectivity index (χ0v) is 80.2. The number of hydrogen-bond donors (Lipinski definition) is 12. The molecule has 0 amide bonds. The normalized spacial score (nSPS) is 16.9. The molecule has 3 saturated heterocycles. The van der Waals surface area contributed by atoms with E-state index in [9.17, 15) is 35.9 Å². The van der Waals surface area contributed by atoms with Crippen LogP contribution in [-0.4, -0.2) is 196 Å². The van der Waals surface area contributed by atoms with Gasteiger partial charge >= 0.3 is 0 Å². The number of aliphatic hydroxyl groups is 5. The first-order chi connectivity index (χ1) is 62.9. The molecule has 0 radical (unpaired) electrons. The van der Waals surface area contributed by atoms with Crippen LogP contribution in [0.25, 0.3) is 28.2 Å². The Hall–Kier alpha value is -11.4. The van der Waals surface area contributed by atoms with Gasteiger partial charge in [0.05, 0.1) is 103 Å². The van der Waals surface area contributed by atoms with Crippen LogP contribution in [0.1, 0.15) is 101 Å². The number of nitrogens with zero attached hydrogens (tertiary/aromatic N) is 23. The van der Waals surface area contributed by atoms with Crippen molar-refractivity contribution < 1.29 is 35.0 Å². The molecule has 1 aliphatic carbocycles. The molecule has 0 aromatic carbocycles. The Morgan fingerprint density at radius 3 is 1.23 bits per heavy atom. The molecule has 4 fully saturated rings. The number of rotatable bonds is 29. The van der Waals surface area contributed by atoms with Gasteiger partial charge in [-0.1, -0.05) is 45.9 Å². The molecule has 4 aliphatic rings. The van der Waals surface area contributed by atoms with Gasteiger partial charge in [-0.15, -0.1) is 0 Å². The van der Waals surface area contributed by atoms with Crippen molar-refractivity contribution in [1.82, 2.24) is 87.9 Å². The number of piperidine rings is 1. The van der Waals surface area contributed by atoms with Crippen LogP contribution in [0.3, 0.4) is 0 Å². The lowest BCUT2D eigenvalue weighted by Crippen LogP contribution is -2.39. The zero-order valence-electron chi connectivity index (χ0n) is 72.3. The average molecular weight is 2090 g/mol. The van der Waals surface area contributed by atoms with E-state index in [1.165, 1.54) is 24.8 Å². The molecule has 42 heteroatoms. The maximum atomic E-state index is 11.4. The van der Waals surface area contributed by atoms with Crippen molar-refractivity contribution in [3.63, 3.8) is 0 Å². The Kier molecular flexibility index (Phi) is 30.3. The van der Waals surface area contributed by atoms with E-state index in [4.69, 9.17) is 15.0 Å². The van der Waals surface area contributed by atoms with Gasteiger partial charge in [0.15, 0.2) is 53.0 Å². The smallest absolute Gasteiger partial charge is 0.185 e. The minimum absolute atomic E-state index is 0.00125. The van der Waals surface area contributed by atoms with Crippen LogP contribution in [0.4, 0.5) is 58.2 Å². The van der Waals surface area contributed by atoms with Crippen LogP contribution in [0, 0.1) is 33.6 Å². The van der Waals surface area contributed by atoms with Crippen molar-refractivity contribution in [2.75, 3.05) is 105 Å². The number of hydrogen-bond acceptors (Lipinski definition) is 30. The maximum absolute atomic E-state index is 11.4. The number of anilines is 10. The first-order valence-corrected chi connectivity index (χ1v) is 46.7. The Balaban J connectivity index is 0.000000125. The molecule has 0 spiro atoms. The topological polar surface area (TPSA) is 439 Å². The molecule has 6 atom stereocenters. The molecule has 18 heterocycles. The number of aromatic nitrogens is 20. The molecule has 15 aromatic heterocycles. The summed E-state index contributed by atoms with van der Waals surface area (Å²) in [6.07, 6.45) is 30.4. The summed E-state index contributed by atoms with van der Waals surface area (Å²) in [5, 5.41) is 116. The Bertz CT molecular complexity index is 6310. The number of aliphatic hydroxyl groups excluding tert-OH is 5. The molecule has 1 saturated carbocycles. The van der Waals surface area contributed by atoms with Gasteiger partial charge in [0.1, 0.15) is 58.2 Å². The van der Waals surface area contributed by atoms with E-state index in [1.807, 2.05) is 125 Å². The highest BCUT2D eigenvalue weighted by molar-refractivity contribution is 9.11. The first-order valence-electron chi connectivity index (χ1n) is 42.7. The number of fused-ring (bicyclic) bond motifs is 6. The standard InChI is InChI=1S/C20H23BrN6O.C18H21BrN6O.C17H19BrN6O2.C17H21BrN6O2.C16H19BrN6O/c1-20(2)13-10-26(15(11-28)18(13)20)17-6-16(23-8-12-4-3-5-22-7-12)27-19(25-17)14(21)9-24-27;19-15-12-22-25-16(21-11-13-3-1-6-20-10-13)9-17(23-18(15)25)24-7-2-4-14(24)5-8-26;18-14-9-20-24-15(19-8-12-3-1-5-22(26)10-12)7-16(21-17(14)24)23-6-2-4-13(23)11-25;1-11(2)14(10-25)21-15-6-16(24-17(22-15)13(18)8-20-24)19-7-12-4-3-5-23(26)9-12;1-16(2,10-24)22-13-6-14(19-8-11-4-3-5-18-7-11)23-15(21-13)12(17)9-20-23/h3-7,9,13,15,18,23,28H,8,10-11H2,1-2H3;1,3,6,9-10,12,14,21,26H,2,4-5,7-8,11H2;1,3,5,7,9-10,13,19,25H,2,4,6,8,11H2;3-6,8-9,11,14,19,25H,7,10H2,1-2H3,(H,21,22);3-7,9,19,24H,8,10H2,1-2H3,(H,21,22)/t13-,15+,18-;14-;13-;14-;/m0000./s1. The van der Waals surface area contributed by atoms with Crippen LogP contribution in [0.5, 0.6) is 0 Å². The molecule has 12 N–H and O–H groups in total.